The van der Waals surface area contributed by atoms with Gasteiger partial charge in [0, 0.05) is 11.4 Å². The van der Waals surface area contributed by atoms with E-state index in [9.17, 15) is 9.18 Å². The minimum Gasteiger partial charge on any atom is -0.355 e. The van der Waals surface area contributed by atoms with Crippen LogP contribution in [0.15, 0.2) is 59.5 Å². The zero-order valence-corrected chi connectivity index (χ0v) is 11.8. The van der Waals surface area contributed by atoms with Crippen molar-refractivity contribution in [3.05, 3.63) is 66.0 Å². The number of amides is 1. The molecular formula is C16H16FNOS. The molecule has 0 aliphatic carbocycles. The van der Waals surface area contributed by atoms with Crippen LogP contribution in [-0.2, 0) is 11.2 Å². The van der Waals surface area contributed by atoms with Crippen LogP contribution < -0.4 is 5.32 Å². The first kappa shape index (κ1) is 14.6. The van der Waals surface area contributed by atoms with Gasteiger partial charge >= 0.3 is 0 Å². The van der Waals surface area contributed by atoms with E-state index in [0.29, 0.717) is 18.7 Å². The first-order chi connectivity index (χ1) is 9.74. The van der Waals surface area contributed by atoms with E-state index >= 15 is 0 Å². The Balaban J connectivity index is 1.68. The van der Waals surface area contributed by atoms with Gasteiger partial charge in [-0.1, -0.05) is 30.3 Å². The van der Waals surface area contributed by atoms with E-state index in [1.165, 1.54) is 23.9 Å². The second-order valence-electron chi connectivity index (χ2n) is 4.33. The zero-order valence-electron chi connectivity index (χ0n) is 11.0. The van der Waals surface area contributed by atoms with Crippen molar-refractivity contribution < 1.29 is 9.18 Å². The highest BCUT2D eigenvalue weighted by molar-refractivity contribution is 8.00. The summed E-state index contributed by atoms with van der Waals surface area (Å²) in [6.45, 7) is 0.525. The molecule has 4 heteroatoms. The molecule has 0 radical (unpaired) electrons. The van der Waals surface area contributed by atoms with E-state index in [-0.39, 0.29) is 11.7 Å². The van der Waals surface area contributed by atoms with E-state index in [0.717, 1.165) is 10.5 Å². The summed E-state index contributed by atoms with van der Waals surface area (Å²) in [7, 11) is 0. The summed E-state index contributed by atoms with van der Waals surface area (Å²) in [5.74, 6) is 0.149. The normalized spacial score (nSPS) is 10.2. The molecule has 0 aliphatic rings. The zero-order chi connectivity index (χ0) is 14.2. The van der Waals surface area contributed by atoms with Crippen molar-refractivity contribution in [2.24, 2.45) is 0 Å². The van der Waals surface area contributed by atoms with Gasteiger partial charge in [0.15, 0.2) is 0 Å². The topological polar surface area (TPSA) is 29.1 Å². The predicted molar refractivity (Wildman–Crippen MR) is 80.3 cm³/mol. The molecule has 0 spiro atoms. The van der Waals surface area contributed by atoms with Crippen LogP contribution in [0.1, 0.15) is 5.56 Å². The maximum atomic E-state index is 13.0. The second-order valence-corrected chi connectivity index (χ2v) is 5.38. The molecule has 1 N–H and O–H groups in total. The summed E-state index contributed by atoms with van der Waals surface area (Å²) in [4.78, 5) is 12.7. The molecule has 104 valence electrons. The Morgan fingerprint density at radius 1 is 1.10 bits per heavy atom. The van der Waals surface area contributed by atoms with E-state index in [1.807, 2.05) is 36.4 Å². The molecule has 0 unspecified atom stereocenters. The molecule has 0 fully saturated rings. The summed E-state index contributed by atoms with van der Waals surface area (Å²) in [5.41, 5.74) is 0.890. The minimum absolute atomic E-state index is 0.00439. The quantitative estimate of drug-likeness (QED) is 0.827. The molecule has 2 nitrogen and oxygen atoms in total. The lowest BCUT2D eigenvalue weighted by Crippen LogP contribution is -2.27. The number of nitrogens with one attached hydrogen (secondary N) is 1. The third-order valence-corrected chi connectivity index (χ3v) is 3.75. The fourth-order valence-corrected chi connectivity index (χ4v) is 2.50. The molecule has 20 heavy (non-hydrogen) atoms. The molecular weight excluding hydrogens is 273 g/mol. The molecule has 1 amide bonds. The number of hydrogen-bond donors (Lipinski definition) is 1. The molecule has 0 aliphatic heterocycles. The minimum atomic E-state index is -0.242. The SMILES string of the molecule is O=C(CSc1ccccc1)NCCc1cccc(F)c1. The van der Waals surface area contributed by atoms with E-state index < -0.39 is 0 Å². The molecule has 0 saturated carbocycles. The highest BCUT2D eigenvalue weighted by Crippen LogP contribution is 2.16. The van der Waals surface area contributed by atoms with Crippen LogP contribution >= 0.6 is 11.8 Å². The molecule has 2 aromatic rings. The number of thioether (sulfide) groups is 1. The lowest BCUT2D eigenvalue weighted by atomic mass is 10.1. The Kier molecular flexibility index (Phi) is 5.62. The van der Waals surface area contributed by atoms with Crippen LogP contribution in [-0.4, -0.2) is 18.2 Å². The Bertz CT molecular complexity index is 559. The van der Waals surface area contributed by atoms with E-state index in [2.05, 4.69) is 5.32 Å². The number of halogens is 1. The Morgan fingerprint density at radius 2 is 1.90 bits per heavy atom. The Hall–Kier alpha value is -1.81. The van der Waals surface area contributed by atoms with Gasteiger partial charge in [-0.15, -0.1) is 11.8 Å². The largest absolute Gasteiger partial charge is 0.355 e. The second kappa shape index (κ2) is 7.70. The first-order valence-corrected chi connectivity index (χ1v) is 7.41. The van der Waals surface area contributed by atoms with Crippen molar-refractivity contribution in [1.29, 1.82) is 0 Å². The standard InChI is InChI=1S/C16H16FNOS/c17-14-6-4-5-13(11-14)9-10-18-16(19)12-20-15-7-2-1-3-8-15/h1-8,11H,9-10,12H2,(H,18,19). The van der Waals surface area contributed by atoms with Gasteiger partial charge in [-0.05, 0) is 36.2 Å². The molecule has 0 saturated heterocycles. The first-order valence-electron chi connectivity index (χ1n) is 6.43. The maximum absolute atomic E-state index is 13.0. The lowest BCUT2D eigenvalue weighted by molar-refractivity contribution is -0.118. The van der Waals surface area contributed by atoms with Gasteiger partial charge in [-0.2, -0.15) is 0 Å². The van der Waals surface area contributed by atoms with Crippen molar-refractivity contribution in [3.8, 4) is 0 Å². The summed E-state index contributed by atoms with van der Waals surface area (Å²) in [6.07, 6.45) is 0.638. The van der Waals surface area contributed by atoms with Crippen LogP contribution in [0, 0.1) is 5.82 Å². The summed E-state index contributed by atoms with van der Waals surface area (Å²) in [6, 6.07) is 16.2. The third kappa shape index (κ3) is 5.05. The molecule has 2 aromatic carbocycles. The van der Waals surface area contributed by atoms with Crippen molar-refractivity contribution >= 4 is 17.7 Å². The highest BCUT2D eigenvalue weighted by atomic mass is 32.2. The van der Waals surface area contributed by atoms with Crippen molar-refractivity contribution in [2.75, 3.05) is 12.3 Å². The summed E-state index contributed by atoms with van der Waals surface area (Å²) < 4.78 is 13.0. The van der Waals surface area contributed by atoms with Gasteiger partial charge in [0.2, 0.25) is 5.91 Å². The molecule has 0 heterocycles. The third-order valence-electron chi connectivity index (χ3n) is 2.74. The van der Waals surface area contributed by atoms with Crippen LogP contribution in [0.2, 0.25) is 0 Å². The van der Waals surface area contributed by atoms with E-state index in [4.69, 9.17) is 0 Å². The van der Waals surface area contributed by atoms with Crippen molar-refractivity contribution in [1.82, 2.24) is 5.32 Å². The van der Waals surface area contributed by atoms with Crippen molar-refractivity contribution in [3.63, 3.8) is 0 Å². The fraction of sp³-hybridized carbons (Fsp3) is 0.188. The molecule has 0 atom stereocenters. The molecule has 0 aromatic heterocycles. The maximum Gasteiger partial charge on any atom is 0.230 e. The monoisotopic (exact) mass is 289 g/mol. The number of hydrogen-bond acceptors (Lipinski definition) is 2. The van der Waals surface area contributed by atoms with Gasteiger partial charge < -0.3 is 5.32 Å². The predicted octanol–water partition coefficient (Wildman–Crippen LogP) is 3.28. The number of benzene rings is 2. The van der Waals surface area contributed by atoms with Gasteiger partial charge in [0.1, 0.15) is 5.82 Å². The average Bonchev–Trinajstić information content (AvgIpc) is 2.46. The van der Waals surface area contributed by atoms with Crippen LogP contribution in [0.5, 0.6) is 0 Å². The van der Waals surface area contributed by atoms with E-state index in [1.54, 1.807) is 6.07 Å². The van der Waals surface area contributed by atoms with Gasteiger partial charge in [-0.25, -0.2) is 4.39 Å². The summed E-state index contributed by atoms with van der Waals surface area (Å²) in [5, 5.41) is 2.84. The van der Waals surface area contributed by atoms with Crippen molar-refractivity contribution in [2.45, 2.75) is 11.3 Å². The molecule has 2 rings (SSSR count). The van der Waals surface area contributed by atoms with Gasteiger partial charge in [0.25, 0.3) is 0 Å². The Labute approximate surface area is 122 Å². The Morgan fingerprint density at radius 3 is 2.65 bits per heavy atom. The smallest absolute Gasteiger partial charge is 0.230 e. The average molecular weight is 289 g/mol. The number of rotatable bonds is 6. The highest BCUT2D eigenvalue weighted by Gasteiger charge is 2.02. The molecule has 0 bridgehead atoms. The van der Waals surface area contributed by atoms with Crippen LogP contribution in [0.25, 0.3) is 0 Å². The van der Waals surface area contributed by atoms with Crippen LogP contribution in [0.3, 0.4) is 0 Å². The van der Waals surface area contributed by atoms with Gasteiger partial charge in [0.05, 0.1) is 5.75 Å². The lowest BCUT2D eigenvalue weighted by Gasteiger charge is -2.05. The van der Waals surface area contributed by atoms with Gasteiger partial charge in [-0.3, -0.25) is 4.79 Å². The number of carbonyl (C=O) groups excluding carboxylic acids is 1. The number of carbonyl (C=O) groups is 1. The fourth-order valence-electron chi connectivity index (χ4n) is 1.76. The van der Waals surface area contributed by atoms with Crippen LogP contribution in [0.4, 0.5) is 4.39 Å². The summed E-state index contributed by atoms with van der Waals surface area (Å²) >= 11 is 1.51.